The van der Waals surface area contributed by atoms with Crippen molar-refractivity contribution in [1.29, 1.82) is 0 Å². The molecule has 0 bridgehead atoms. The number of hydrogen-bond donors (Lipinski definition) is 0. The minimum atomic E-state index is 0.875. The van der Waals surface area contributed by atoms with E-state index in [-0.39, 0.29) is 0 Å². The summed E-state index contributed by atoms with van der Waals surface area (Å²) in [5.41, 5.74) is 16.1. The first-order valence-corrected chi connectivity index (χ1v) is 20.7. The first-order chi connectivity index (χ1) is 30.2. The molecule has 10 aromatic carbocycles. The first kappa shape index (κ1) is 34.9. The molecule has 0 aliphatic heterocycles. The molecule has 0 spiro atoms. The lowest BCUT2D eigenvalue weighted by atomic mass is 9.95. The summed E-state index contributed by atoms with van der Waals surface area (Å²) in [4.78, 5) is 2.38. The molecule has 12 aromatic rings. The number of benzene rings is 10. The highest BCUT2D eigenvalue weighted by Gasteiger charge is 2.21. The second-order valence-corrected chi connectivity index (χ2v) is 15.6. The fraction of sp³-hybridized carbons (Fsp3) is 0. The Labute approximate surface area is 353 Å². The summed E-state index contributed by atoms with van der Waals surface area (Å²) < 4.78 is 12.8. The summed E-state index contributed by atoms with van der Waals surface area (Å²) in [5, 5.41) is 6.76. The quantitative estimate of drug-likeness (QED) is 0.161. The van der Waals surface area contributed by atoms with Crippen LogP contribution in [-0.2, 0) is 0 Å². The third-order valence-electron chi connectivity index (χ3n) is 12.1. The van der Waals surface area contributed by atoms with E-state index in [4.69, 9.17) is 8.83 Å². The molecule has 0 amide bonds. The Kier molecular flexibility index (Phi) is 8.17. The monoisotopic (exact) mass is 779 g/mol. The van der Waals surface area contributed by atoms with Gasteiger partial charge in [0.05, 0.1) is 5.69 Å². The van der Waals surface area contributed by atoms with Gasteiger partial charge in [-0.25, -0.2) is 0 Å². The van der Waals surface area contributed by atoms with Gasteiger partial charge in [-0.15, -0.1) is 0 Å². The maximum Gasteiger partial charge on any atom is 0.143 e. The van der Waals surface area contributed by atoms with Crippen molar-refractivity contribution in [2.75, 3.05) is 4.90 Å². The Hall–Kier alpha value is -8.14. The topological polar surface area (TPSA) is 29.5 Å². The third-order valence-corrected chi connectivity index (χ3v) is 12.1. The molecule has 2 aromatic heterocycles. The largest absolute Gasteiger partial charge is 0.456 e. The van der Waals surface area contributed by atoms with Gasteiger partial charge in [-0.1, -0.05) is 164 Å². The van der Waals surface area contributed by atoms with Crippen molar-refractivity contribution in [2.45, 2.75) is 0 Å². The van der Waals surface area contributed by atoms with Crippen molar-refractivity contribution in [3.63, 3.8) is 0 Å². The fourth-order valence-electron chi connectivity index (χ4n) is 9.10. The van der Waals surface area contributed by atoms with Crippen molar-refractivity contribution in [3.8, 4) is 44.5 Å². The standard InChI is InChI=1S/C58H37NO2/c1-2-11-38(12-3-1)39-21-23-40(24-22-39)41-25-31-45(32-26-41)59(46-33-27-42(28-34-46)44-30-36-55-52(37-44)49-16-7-9-19-54(49)60-55)53-18-8-6-15-48(53)50-17-10-20-56-57(50)51-35-29-43-13-4-5-14-47(43)58(51)61-56/h1-37H. The molecule has 3 heteroatoms. The summed E-state index contributed by atoms with van der Waals surface area (Å²) >= 11 is 0. The minimum absolute atomic E-state index is 0.875. The van der Waals surface area contributed by atoms with Crippen LogP contribution in [0.1, 0.15) is 0 Å². The van der Waals surface area contributed by atoms with Gasteiger partial charge in [0, 0.05) is 43.9 Å². The van der Waals surface area contributed by atoms with Gasteiger partial charge in [-0.2, -0.15) is 0 Å². The molecule has 0 radical (unpaired) electrons. The van der Waals surface area contributed by atoms with Gasteiger partial charge in [0.2, 0.25) is 0 Å². The zero-order valence-corrected chi connectivity index (χ0v) is 33.1. The predicted octanol–water partition coefficient (Wildman–Crippen LogP) is 16.8. The van der Waals surface area contributed by atoms with Crippen LogP contribution in [0.5, 0.6) is 0 Å². The Morgan fingerprint density at radius 3 is 1.59 bits per heavy atom. The summed E-state index contributed by atoms with van der Waals surface area (Å²) in [6, 6.07) is 80.0. The van der Waals surface area contributed by atoms with Crippen LogP contribution in [0.25, 0.3) is 99.2 Å². The fourth-order valence-corrected chi connectivity index (χ4v) is 9.10. The van der Waals surface area contributed by atoms with Gasteiger partial charge >= 0.3 is 0 Å². The molecule has 0 unspecified atom stereocenters. The predicted molar refractivity (Wildman–Crippen MR) is 255 cm³/mol. The Morgan fingerprint density at radius 1 is 0.295 bits per heavy atom. The van der Waals surface area contributed by atoms with Crippen molar-refractivity contribution in [1.82, 2.24) is 0 Å². The van der Waals surface area contributed by atoms with Gasteiger partial charge in [0.25, 0.3) is 0 Å². The average molecular weight is 780 g/mol. The van der Waals surface area contributed by atoms with Crippen molar-refractivity contribution in [3.05, 3.63) is 224 Å². The lowest BCUT2D eigenvalue weighted by Gasteiger charge is -2.28. The van der Waals surface area contributed by atoms with E-state index in [2.05, 4.69) is 217 Å². The normalized spacial score (nSPS) is 11.6. The Bertz CT molecular complexity index is 3560. The van der Waals surface area contributed by atoms with Crippen LogP contribution in [0.15, 0.2) is 233 Å². The van der Waals surface area contributed by atoms with Crippen LogP contribution in [0.3, 0.4) is 0 Å². The number of fused-ring (bicyclic) bond motifs is 8. The number of anilines is 3. The summed E-state index contributed by atoms with van der Waals surface area (Å²) in [7, 11) is 0. The zero-order valence-electron chi connectivity index (χ0n) is 33.1. The van der Waals surface area contributed by atoms with E-state index in [1.807, 2.05) is 12.1 Å². The van der Waals surface area contributed by atoms with Gasteiger partial charge in [-0.05, 0) is 105 Å². The van der Waals surface area contributed by atoms with Crippen molar-refractivity contribution in [2.24, 2.45) is 0 Å². The molecule has 2 heterocycles. The smallest absolute Gasteiger partial charge is 0.143 e. The maximum absolute atomic E-state index is 6.67. The van der Waals surface area contributed by atoms with Gasteiger partial charge < -0.3 is 13.7 Å². The van der Waals surface area contributed by atoms with Crippen molar-refractivity contribution < 1.29 is 8.83 Å². The minimum Gasteiger partial charge on any atom is -0.456 e. The van der Waals surface area contributed by atoms with Crippen LogP contribution in [0.4, 0.5) is 17.1 Å². The van der Waals surface area contributed by atoms with E-state index in [1.165, 1.54) is 22.1 Å². The van der Waals surface area contributed by atoms with Gasteiger partial charge in [0.1, 0.15) is 22.3 Å². The molecular formula is C58H37NO2. The summed E-state index contributed by atoms with van der Waals surface area (Å²) in [5.74, 6) is 0. The lowest BCUT2D eigenvalue weighted by Crippen LogP contribution is -2.11. The van der Waals surface area contributed by atoms with E-state index in [9.17, 15) is 0 Å². The van der Waals surface area contributed by atoms with Crippen molar-refractivity contribution >= 4 is 71.7 Å². The molecule has 0 N–H and O–H groups in total. The average Bonchev–Trinajstić information content (AvgIpc) is 3.91. The second kappa shape index (κ2) is 14.3. The van der Waals surface area contributed by atoms with E-state index >= 15 is 0 Å². The molecule has 0 fully saturated rings. The Morgan fingerprint density at radius 2 is 0.836 bits per heavy atom. The van der Waals surface area contributed by atoms with E-state index in [0.29, 0.717) is 0 Å². The van der Waals surface area contributed by atoms with E-state index in [1.54, 1.807) is 0 Å². The van der Waals surface area contributed by atoms with E-state index < -0.39 is 0 Å². The van der Waals surface area contributed by atoms with Gasteiger partial charge in [-0.3, -0.25) is 0 Å². The number of hydrogen-bond acceptors (Lipinski definition) is 3. The molecular weight excluding hydrogens is 743 g/mol. The van der Waals surface area contributed by atoms with Crippen LogP contribution in [-0.4, -0.2) is 0 Å². The SMILES string of the molecule is c1ccc(-c2ccc(-c3ccc(N(c4ccc(-c5ccc6oc7ccccc7c6c5)cc4)c4ccccc4-c4cccc5oc6c7ccccc7ccc6c45)cc3)cc2)cc1. The molecule has 3 nitrogen and oxygen atoms in total. The van der Waals surface area contributed by atoms with E-state index in [0.717, 1.165) is 94.1 Å². The molecule has 61 heavy (non-hydrogen) atoms. The second-order valence-electron chi connectivity index (χ2n) is 15.6. The van der Waals surface area contributed by atoms with Crippen LogP contribution >= 0.6 is 0 Å². The van der Waals surface area contributed by atoms with Gasteiger partial charge in [0.15, 0.2) is 0 Å². The van der Waals surface area contributed by atoms with Crippen LogP contribution in [0.2, 0.25) is 0 Å². The molecule has 0 atom stereocenters. The van der Waals surface area contributed by atoms with Crippen LogP contribution in [0, 0.1) is 0 Å². The zero-order chi connectivity index (χ0) is 40.3. The Balaban J connectivity index is 0.987. The number of nitrogens with zero attached hydrogens (tertiary/aromatic N) is 1. The first-order valence-electron chi connectivity index (χ1n) is 20.7. The molecule has 12 rings (SSSR count). The maximum atomic E-state index is 6.67. The molecule has 286 valence electrons. The lowest BCUT2D eigenvalue weighted by molar-refractivity contribution is 0.669. The highest BCUT2D eigenvalue weighted by Crippen LogP contribution is 2.46. The highest BCUT2D eigenvalue weighted by atomic mass is 16.3. The summed E-state index contributed by atoms with van der Waals surface area (Å²) in [6.07, 6.45) is 0. The molecule has 0 aliphatic carbocycles. The number of rotatable bonds is 7. The van der Waals surface area contributed by atoms with Crippen LogP contribution < -0.4 is 4.90 Å². The molecule has 0 aliphatic rings. The molecule has 0 saturated heterocycles. The molecule has 0 saturated carbocycles. The summed E-state index contributed by atoms with van der Waals surface area (Å²) in [6.45, 7) is 0. The highest BCUT2D eigenvalue weighted by molar-refractivity contribution is 6.19. The number of furan rings is 2. The third kappa shape index (κ3) is 5.98. The number of para-hydroxylation sites is 2.